The second kappa shape index (κ2) is 9.05. The van der Waals surface area contributed by atoms with Gasteiger partial charge in [0.25, 0.3) is 6.47 Å². The third-order valence-electron chi connectivity index (χ3n) is 3.51. The van der Waals surface area contributed by atoms with E-state index in [0.717, 1.165) is 12.5 Å². The number of Topliss-reactive ketones (excluding diaryl/α,β-unsaturated/α-hetero) is 1. The molecule has 0 aliphatic carbocycles. The molecule has 0 heterocycles. The maximum absolute atomic E-state index is 12.6. The van der Waals surface area contributed by atoms with Gasteiger partial charge in [0, 0.05) is 5.39 Å². The van der Waals surface area contributed by atoms with Crippen LogP contribution in [0.4, 0.5) is 13.2 Å². The van der Waals surface area contributed by atoms with Crippen LogP contribution in [0.2, 0.25) is 0 Å². The fourth-order valence-electron chi connectivity index (χ4n) is 2.38. The third kappa shape index (κ3) is 5.44. The quantitative estimate of drug-likeness (QED) is 0.314. The van der Waals surface area contributed by atoms with Gasteiger partial charge in [0.1, 0.15) is 0 Å². The number of hydrogen-bond acceptors (Lipinski definition) is 6. The Labute approximate surface area is 160 Å². The molecule has 0 unspecified atom stereocenters. The van der Waals surface area contributed by atoms with Crippen molar-refractivity contribution in [1.29, 1.82) is 0 Å². The Morgan fingerprint density at radius 1 is 1.18 bits per heavy atom. The summed E-state index contributed by atoms with van der Waals surface area (Å²) in [6.07, 6.45) is 0. The molecule has 0 aliphatic rings. The molecule has 0 aromatic heterocycles. The zero-order chi connectivity index (χ0) is 21.7. The van der Waals surface area contributed by atoms with Crippen LogP contribution in [0.3, 0.4) is 0 Å². The minimum atomic E-state index is -5.88. The minimum Gasteiger partial charge on any atom is -0.468 e. The zero-order valence-electron chi connectivity index (χ0n) is 15.6. The Hall–Kier alpha value is -2.62. The molecule has 2 rings (SSSR count). The van der Waals surface area contributed by atoms with Gasteiger partial charge in [0.15, 0.2) is 11.5 Å². The molecule has 0 saturated carbocycles. The number of fused-ring (bicyclic) bond motifs is 1. The van der Waals surface area contributed by atoms with E-state index < -0.39 is 27.2 Å². The Balaban J connectivity index is 0.000000696. The maximum Gasteiger partial charge on any atom is 0.534 e. The summed E-state index contributed by atoms with van der Waals surface area (Å²) < 4.78 is 69.0. The van der Waals surface area contributed by atoms with E-state index in [1.807, 2.05) is 0 Å². The number of rotatable bonds is 5. The van der Waals surface area contributed by atoms with Crippen molar-refractivity contribution in [3.63, 3.8) is 0 Å². The lowest BCUT2D eigenvalue weighted by molar-refractivity contribution is -0.128. The van der Waals surface area contributed by atoms with Gasteiger partial charge in [-0.25, -0.2) is 0 Å². The number of alkyl halides is 3. The molecular formula is C18H19F3O6S. The molecule has 2 aromatic rings. The second-order valence-electron chi connectivity index (χ2n) is 5.71. The van der Waals surface area contributed by atoms with Gasteiger partial charge in [-0.05, 0) is 38.6 Å². The van der Waals surface area contributed by atoms with Crippen molar-refractivity contribution >= 4 is 33.1 Å². The highest BCUT2D eigenvalue weighted by molar-refractivity contribution is 7.88. The molecule has 154 valence electrons. The highest BCUT2D eigenvalue weighted by Crippen LogP contribution is 2.37. The van der Waals surface area contributed by atoms with E-state index in [4.69, 9.17) is 0 Å². The van der Waals surface area contributed by atoms with Crippen molar-refractivity contribution in [3.05, 3.63) is 41.0 Å². The zero-order valence-corrected chi connectivity index (χ0v) is 16.4. The van der Waals surface area contributed by atoms with Gasteiger partial charge in [-0.2, -0.15) is 21.6 Å². The van der Waals surface area contributed by atoms with E-state index in [1.165, 1.54) is 13.0 Å². The average Bonchev–Trinajstić information content (AvgIpc) is 2.53. The number of halogens is 3. The number of benzene rings is 2. The molecule has 2 aromatic carbocycles. The molecule has 0 saturated heterocycles. The van der Waals surface area contributed by atoms with Crippen molar-refractivity contribution in [2.75, 3.05) is 6.61 Å². The highest BCUT2D eigenvalue weighted by atomic mass is 32.2. The van der Waals surface area contributed by atoms with Gasteiger partial charge in [0.2, 0.25) is 0 Å². The Bertz CT molecular complexity index is 981. The second-order valence-corrected chi connectivity index (χ2v) is 7.25. The first-order valence-electron chi connectivity index (χ1n) is 7.96. The topological polar surface area (TPSA) is 86.7 Å². The lowest BCUT2D eigenvalue weighted by atomic mass is 9.97. The van der Waals surface area contributed by atoms with Crippen molar-refractivity contribution in [2.24, 2.45) is 0 Å². The van der Waals surface area contributed by atoms with E-state index in [0.29, 0.717) is 24.0 Å². The summed E-state index contributed by atoms with van der Waals surface area (Å²) in [5.41, 5.74) is -4.60. The summed E-state index contributed by atoms with van der Waals surface area (Å²) in [4.78, 5) is 21.0. The highest BCUT2D eigenvalue weighted by Gasteiger charge is 2.49. The van der Waals surface area contributed by atoms with Crippen LogP contribution < -0.4 is 4.18 Å². The molecule has 0 spiro atoms. The third-order valence-corrected chi connectivity index (χ3v) is 4.46. The van der Waals surface area contributed by atoms with Gasteiger partial charge in [-0.3, -0.25) is 9.59 Å². The molecular weight excluding hydrogens is 401 g/mol. The summed E-state index contributed by atoms with van der Waals surface area (Å²) in [5, 5.41) is 0.610. The van der Waals surface area contributed by atoms with Crippen molar-refractivity contribution in [1.82, 2.24) is 0 Å². The molecule has 10 heteroatoms. The summed E-state index contributed by atoms with van der Waals surface area (Å²) in [6, 6.07) is 6.29. The summed E-state index contributed by atoms with van der Waals surface area (Å²) in [5.74, 6) is -1.18. The lowest BCUT2D eigenvalue weighted by Crippen LogP contribution is -2.28. The van der Waals surface area contributed by atoms with Crippen molar-refractivity contribution < 1.29 is 40.1 Å². The van der Waals surface area contributed by atoms with Gasteiger partial charge >= 0.3 is 15.6 Å². The standard InChI is InChI=1S/C15H13F3O4S.C3H6O2/c1-8-4-5-12-11(6-8)7-9(2)13(10(3)19)14(12)22-23(20,21)15(16,17)18;1-2-5-3-4/h4-7H,1-3H3;3H,2H2,1H3. The van der Waals surface area contributed by atoms with Crippen LogP contribution in [0.25, 0.3) is 10.8 Å². The van der Waals surface area contributed by atoms with Gasteiger partial charge in [-0.1, -0.05) is 29.8 Å². The van der Waals surface area contributed by atoms with Gasteiger partial charge < -0.3 is 8.92 Å². The van der Waals surface area contributed by atoms with E-state index in [9.17, 15) is 31.2 Å². The number of aryl methyl sites for hydroxylation is 2. The number of carbonyl (C=O) groups excluding carboxylic acids is 2. The fraction of sp³-hybridized carbons (Fsp3) is 0.333. The van der Waals surface area contributed by atoms with E-state index in [1.54, 1.807) is 32.0 Å². The molecule has 0 fully saturated rings. The predicted octanol–water partition coefficient (Wildman–Crippen LogP) is 4.07. The molecule has 28 heavy (non-hydrogen) atoms. The van der Waals surface area contributed by atoms with Crippen LogP contribution in [0.5, 0.6) is 5.75 Å². The molecule has 0 bridgehead atoms. The van der Waals surface area contributed by atoms with Crippen LogP contribution in [-0.2, 0) is 19.6 Å². The first-order valence-corrected chi connectivity index (χ1v) is 9.37. The molecule has 0 atom stereocenters. The van der Waals surface area contributed by atoms with E-state index in [2.05, 4.69) is 8.92 Å². The molecule has 0 amide bonds. The molecule has 0 aliphatic heterocycles. The number of carbonyl (C=O) groups is 2. The number of hydrogen-bond donors (Lipinski definition) is 0. The van der Waals surface area contributed by atoms with Crippen LogP contribution in [0.1, 0.15) is 35.3 Å². The minimum absolute atomic E-state index is 0.124. The Morgan fingerprint density at radius 3 is 2.21 bits per heavy atom. The summed E-state index contributed by atoms with van der Waals surface area (Å²) in [6.45, 7) is 7.08. The largest absolute Gasteiger partial charge is 0.534 e. The van der Waals surface area contributed by atoms with Gasteiger partial charge in [0.05, 0.1) is 12.2 Å². The monoisotopic (exact) mass is 420 g/mol. The predicted molar refractivity (Wildman–Crippen MR) is 96.7 cm³/mol. The first-order chi connectivity index (χ1) is 12.9. The van der Waals surface area contributed by atoms with Crippen molar-refractivity contribution in [2.45, 2.75) is 33.2 Å². The molecule has 0 radical (unpaired) electrons. The Morgan fingerprint density at radius 2 is 1.79 bits per heavy atom. The molecule has 6 nitrogen and oxygen atoms in total. The lowest BCUT2D eigenvalue weighted by Gasteiger charge is -2.16. The van der Waals surface area contributed by atoms with Crippen LogP contribution in [-0.4, -0.2) is 32.8 Å². The van der Waals surface area contributed by atoms with Crippen LogP contribution >= 0.6 is 0 Å². The van der Waals surface area contributed by atoms with Gasteiger partial charge in [-0.15, -0.1) is 0 Å². The Kier molecular flexibility index (Phi) is 7.57. The number of ether oxygens (including phenoxy) is 1. The first kappa shape index (κ1) is 23.4. The molecule has 0 N–H and O–H groups in total. The smallest absolute Gasteiger partial charge is 0.468 e. The summed E-state index contributed by atoms with van der Waals surface area (Å²) in [7, 11) is -5.88. The van der Waals surface area contributed by atoms with Crippen LogP contribution in [0.15, 0.2) is 24.3 Å². The van der Waals surface area contributed by atoms with Crippen molar-refractivity contribution in [3.8, 4) is 5.75 Å². The van der Waals surface area contributed by atoms with Crippen LogP contribution in [0, 0.1) is 13.8 Å². The SMILES string of the molecule is CC(=O)c1c(C)cc2cc(C)ccc2c1OS(=O)(=O)C(F)(F)F.CCOC=O. The average molecular weight is 420 g/mol. The van der Waals surface area contributed by atoms with E-state index in [-0.39, 0.29) is 10.9 Å². The van der Waals surface area contributed by atoms with E-state index >= 15 is 0 Å². The summed E-state index contributed by atoms with van der Waals surface area (Å²) >= 11 is 0. The fourth-order valence-corrected chi connectivity index (χ4v) is 2.86. The number of ketones is 1. The maximum atomic E-state index is 12.6. The normalized spacial score (nSPS) is 11.4.